The van der Waals surface area contributed by atoms with E-state index in [0.29, 0.717) is 16.7 Å². The summed E-state index contributed by atoms with van der Waals surface area (Å²) < 4.78 is 11.5. The van der Waals surface area contributed by atoms with Gasteiger partial charge in [-0.05, 0) is 81.7 Å². The van der Waals surface area contributed by atoms with E-state index in [-0.39, 0.29) is 41.4 Å². The Hall–Kier alpha value is -1.74. The standard InChI is InChI=1S/C24H38N4O4S/c1-12(2)33-20-19(32-28-23(20)31-11-24(4,5)27-21(29)13(3)25)22(30)26-18-16-7-14-6-15(9-16)10-17(18)8-14/h12-18H,6-11,25H2,1-5H3,(H,26,30)(H,27,29)/t13-,14?,15?,16?,17?,18?/m0/s1. The summed E-state index contributed by atoms with van der Waals surface area (Å²) in [7, 11) is 0. The molecule has 5 rings (SSSR count). The van der Waals surface area contributed by atoms with E-state index in [1.807, 2.05) is 27.7 Å². The Bertz CT molecular complexity index is 854. The summed E-state index contributed by atoms with van der Waals surface area (Å²) in [5, 5.41) is 10.5. The number of thioether (sulfide) groups is 1. The first-order valence-electron chi connectivity index (χ1n) is 12.2. The van der Waals surface area contributed by atoms with Gasteiger partial charge >= 0.3 is 0 Å². The number of rotatable bonds is 9. The molecule has 4 bridgehead atoms. The molecule has 0 aliphatic heterocycles. The number of carbonyl (C=O) groups is 2. The fraction of sp³-hybridized carbons (Fsp3) is 0.792. The highest BCUT2D eigenvalue weighted by atomic mass is 32.2. The van der Waals surface area contributed by atoms with Crippen LogP contribution >= 0.6 is 11.8 Å². The van der Waals surface area contributed by atoms with Crippen molar-refractivity contribution in [1.82, 2.24) is 15.8 Å². The van der Waals surface area contributed by atoms with Crippen LogP contribution in [0.4, 0.5) is 0 Å². The number of carbonyl (C=O) groups excluding carboxylic acids is 2. The number of nitrogens with one attached hydrogen (secondary N) is 2. The van der Waals surface area contributed by atoms with Crippen LogP contribution in [0.5, 0.6) is 5.88 Å². The zero-order valence-electron chi connectivity index (χ0n) is 20.3. The summed E-state index contributed by atoms with van der Waals surface area (Å²) >= 11 is 1.50. The van der Waals surface area contributed by atoms with Crippen LogP contribution in [-0.2, 0) is 4.79 Å². The molecule has 2 amide bonds. The molecule has 4 aliphatic carbocycles. The summed E-state index contributed by atoms with van der Waals surface area (Å²) in [6.45, 7) is 9.60. The number of aromatic nitrogens is 1. The Morgan fingerprint density at radius 1 is 1.15 bits per heavy atom. The molecule has 33 heavy (non-hydrogen) atoms. The largest absolute Gasteiger partial charge is 0.472 e. The van der Waals surface area contributed by atoms with Crippen molar-refractivity contribution in [3.05, 3.63) is 5.76 Å². The summed E-state index contributed by atoms with van der Waals surface area (Å²) in [5.41, 5.74) is 5.00. The Labute approximate surface area is 200 Å². The Kier molecular flexibility index (Phi) is 7.01. The highest BCUT2D eigenvalue weighted by molar-refractivity contribution is 8.00. The zero-order valence-corrected chi connectivity index (χ0v) is 21.2. The third-order valence-corrected chi connectivity index (χ3v) is 8.22. The highest BCUT2D eigenvalue weighted by Gasteiger charge is 2.49. The van der Waals surface area contributed by atoms with E-state index < -0.39 is 11.6 Å². The molecular weight excluding hydrogens is 440 g/mol. The first kappa shape index (κ1) is 24.4. The van der Waals surface area contributed by atoms with Gasteiger partial charge in [-0.3, -0.25) is 9.59 Å². The molecule has 1 heterocycles. The smallest absolute Gasteiger partial charge is 0.291 e. The van der Waals surface area contributed by atoms with Gasteiger partial charge in [-0.15, -0.1) is 11.8 Å². The van der Waals surface area contributed by atoms with E-state index in [4.69, 9.17) is 15.0 Å². The van der Waals surface area contributed by atoms with Gasteiger partial charge in [0.25, 0.3) is 11.8 Å². The lowest BCUT2D eigenvalue weighted by Gasteiger charge is -2.54. The third kappa shape index (κ3) is 5.50. The molecule has 0 aromatic carbocycles. The van der Waals surface area contributed by atoms with Crippen molar-refractivity contribution >= 4 is 23.6 Å². The van der Waals surface area contributed by atoms with E-state index in [9.17, 15) is 9.59 Å². The number of amides is 2. The summed E-state index contributed by atoms with van der Waals surface area (Å²) in [6, 6.07) is -0.382. The second kappa shape index (κ2) is 9.49. The number of nitrogens with zero attached hydrogens (tertiary/aromatic N) is 1. The van der Waals surface area contributed by atoms with Crippen LogP contribution in [0.1, 0.15) is 77.3 Å². The number of hydrogen-bond donors (Lipinski definition) is 3. The first-order valence-corrected chi connectivity index (χ1v) is 13.1. The minimum atomic E-state index is -0.660. The van der Waals surface area contributed by atoms with Crippen molar-refractivity contribution in [3.63, 3.8) is 0 Å². The number of hydrogen-bond acceptors (Lipinski definition) is 7. The second-order valence-corrected chi connectivity index (χ2v) is 12.8. The fourth-order valence-electron chi connectivity index (χ4n) is 5.95. The van der Waals surface area contributed by atoms with Gasteiger partial charge in [-0.1, -0.05) is 13.8 Å². The van der Waals surface area contributed by atoms with Crippen LogP contribution in [0, 0.1) is 23.7 Å². The van der Waals surface area contributed by atoms with E-state index >= 15 is 0 Å². The molecule has 0 unspecified atom stereocenters. The van der Waals surface area contributed by atoms with Gasteiger partial charge < -0.3 is 25.6 Å². The van der Waals surface area contributed by atoms with Crippen molar-refractivity contribution in [2.45, 2.75) is 94.5 Å². The van der Waals surface area contributed by atoms with Crippen molar-refractivity contribution in [2.75, 3.05) is 6.61 Å². The average Bonchev–Trinajstić information content (AvgIpc) is 3.10. The first-order chi connectivity index (χ1) is 15.5. The van der Waals surface area contributed by atoms with Crippen molar-refractivity contribution < 1.29 is 18.8 Å². The zero-order chi connectivity index (χ0) is 23.9. The molecule has 4 saturated carbocycles. The lowest BCUT2D eigenvalue weighted by atomic mass is 9.54. The van der Waals surface area contributed by atoms with Gasteiger partial charge in [0.05, 0.1) is 11.6 Å². The number of ether oxygens (including phenoxy) is 1. The summed E-state index contributed by atoms with van der Waals surface area (Å²) in [4.78, 5) is 25.9. The van der Waals surface area contributed by atoms with E-state index in [2.05, 4.69) is 15.8 Å². The average molecular weight is 479 g/mol. The van der Waals surface area contributed by atoms with Crippen LogP contribution < -0.4 is 21.1 Å². The molecule has 4 aliphatic rings. The van der Waals surface area contributed by atoms with E-state index in [0.717, 1.165) is 11.8 Å². The van der Waals surface area contributed by atoms with Crippen LogP contribution in [0.3, 0.4) is 0 Å². The Morgan fingerprint density at radius 2 is 1.76 bits per heavy atom. The van der Waals surface area contributed by atoms with Crippen molar-refractivity contribution in [2.24, 2.45) is 29.4 Å². The third-order valence-electron chi connectivity index (χ3n) is 7.15. The highest BCUT2D eigenvalue weighted by Crippen LogP contribution is 2.53. The monoisotopic (exact) mass is 478 g/mol. The van der Waals surface area contributed by atoms with E-state index in [1.54, 1.807) is 6.92 Å². The molecule has 8 nitrogen and oxygen atoms in total. The molecule has 1 aromatic rings. The molecule has 0 radical (unpaired) electrons. The van der Waals surface area contributed by atoms with Gasteiger partial charge in [0.1, 0.15) is 11.5 Å². The van der Waals surface area contributed by atoms with Crippen LogP contribution in [0.2, 0.25) is 0 Å². The summed E-state index contributed by atoms with van der Waals surface area (Å²) in [6.07, 6.45) is 6.32. The molecule has 0 spiro atoms. The molecule has 1 atom stereocenters. The lowest BCUT2D eigenvalue weighted by molar-refractivity contribution is -0.123. The SMILES string of the molecule is CC(C)Sc1c(OCC(C)(C)NC(=O)[C@H](C)N)noc1C(=O)NC1C2CC3CC(C2)CC1C3. The lowest BCUT2D eigenvalue weighted by Crippen LogP contribution is -2.55. The summed E-state index contributed by atoms with van der Waals surface area (Å²) in [5.74, 6) is 2.91. The van der Waals surface area contributed by atoms with Crippen LogP contribution in [-0.4, -0.2) is 46.5 Å². The molecule has 184 valence electrons. The Balaban J connectivity index is 1.45. The normalized spacial score (nSPS) is 29.2. The molecule has 4 fully saturated rings. The predicted octanol–water partition coefficient (Wildman–Crippen LogP) is 3.35. The molecule has 1 aromatic heterocycles. The molecule has 9 heteroatoms. The predicted molar refractivity (Wildman–Crippen MR) is 127 cm³/mol. The van der Waals surface area contributed by atoms with Crippen LogP contribution in [0.15, 0.2) is 9.42 Å². The van der Waals surface area contributed by atoms with Gasteiger partial charge in [0.2, 0.25) is 11.7 Å². The topological polar surface area (TPSA) is 119 Å². The maximum absolute atomic E-state index is 13.3. The Morgan fingerprint density at radius 3 is 2.30 bits per heavy atom. The van der Waals surface area contributed by atoms with Gasteiger partial charge in [0, 0.05) is 11.3 Å². The van der Waals surface area contributed by atoms with Gasteiger partial charge in [-0.25, -0.2) is 0 Å². The van der Waals surface area contributed by atoms with Crippen molar-refractivity contribution in [1.29, 1.82) is 0 Å². The maximum Gasteiger partial charge on any atom is 0.291 e. The molecule has 0 saturated heterocycles. The maximum atomic E-state index is 13.3. The molecule has 4 N–H and O–H groups in total. The fourth-order valence-corrected chi connectivity index (χ4v) is 6.86. The molecular formula is C24H38N4O4S. The second-order valence-electron chi connectivity index (χ2n) is 11.2. The van der Waals surface area contributed by atoms with Crippen LogP contribution in [0.25, 0.3) is 0 Å². The quantitative estimate of drug-likeness (QED) is 0.466. The number of nitrogens with two attached hydrogens (primary N) is 1. The van der Waals surface area contributed by atoms with Gasteiger partial charge in [0.15, 0.2) is 0 Å². The minimum Gasteiger partial charge on any atom is -0.472 e. The van der Waals surface area contributed by atoms with Gasteiger partial charge in [-0.2, -0.15) is 0 Å². The minimum absolute atomic E-state index is 0.167. The van der Waals surface area contributed by atoms with E-state index in [1.165, 1.54) is 43.9 Å². The van der Waals surface area contributed by atoms with Crippen molar-refractivity contribution in [3.8, 4) is 5.88 Å².